The van der Waals surface area contributed by atoms with Crippen molar-refractivity contribution in [3.8, 4) is 0 Å². The standard InChI is InChI=1S/C18H26O4/c1-11(15(19)20)6-7-12(2)16(21)22-14-10-13-8-9-18(14,5)17(13,3)4/h6,13-14H,2,7-10H2,1,3-5H3,(H,19,20). The van der Waals surface area contributed by atoms with Crippen molar-refractivity contribution in [2.45, 2.75) is 59.5 Å². The lowest BCUT2D eigenvalue weighted by molar-refractivity contribution is -0.152. The summed E-state index contributed by atoms with van der Waals surface area (Å²) in [7, 11) is 0. The number of carboxylic acids is 1. The minimum atomic E-state index is -0.983. The summed E-state index contributed by atoms with van der Waals surface area (Å²) in [6.07, 6.45) is 4.87. The Balaban J connectivity index is 1.98. The summed E-state index contributed by atoms with van der Waals surface area (Å²) in [4.78, 5) is 23.0. The Labute approximate surface area is 132 Å². The molecule has 1 N–H and O–H groups in total. The van der Waals surface area contributed by atoms with Gasteiger partial charge in [0.15, 0.2) is 0 Å². The van der Waals surface area contributed by atoms with Gasteiger partial charge in [0, 0.05) is 16.6 Å². The van der Waals surface area contributed by atoms with E-state index in [0.29, 0.717) is 11.5 Å². The third kappa shape index (κ3) is 2.59. The van der Waals surface area contributed by atoms with Crippen LogP contribution in [0.1, 0.15) is 53.4 Å². The lowest BCUT2D eigenvalue weighted by Crippen LogP contribution is -2.38. The second-order valence-electron chi connectivity index (χ2n) is 7.50. The molecule has 0 amide bonds. The molecule has 4 nitrogen and oxygen atoms in total. The zero-order valence-corrected chi connectivity index (χ0v) is 13.9. The minimum Gasteiger partial charge on any atom is -0.478 e. The number of rotatable bonds is 5. The highest BCUT2D eigenvalue weighted by Crippen LogP contribution is 2.66. The van der Waals surface area contributed by atoms with Gasteiger partial charge in [0.25, 0.3) is 0 Å². The van der Waals surface area contributed by atoms with Crippen LogP contribution in [-0.2, 0) is 14.3 Å². The summed E-state index contributed by atoms with van der Waals surface area (Å²) in [5, 5.41) is 8.81. The van der Waals surface area contributed by atoms with Crippen molar-refractivity contribution >= 4 is 11.9 Å². The number of esters is 1. The molecule has 4 heteroatoms. The summed E-state index contributed by atoms with van der Waals surface area (Å²) in [6, 6.07) is 0. The molecule has 3 unspecified atom stereocenters. The maximum absolute atomic E-state index is 12.2. The second-order valence-corrected chi connectivity index (χ2v) is 7.50. The van der Waals surface area contributed by atoms with Crippen LogP contribution in [0.4, 0.5) is 0 Å². The molecule has 0 aromatic rings. The highest BCUT2D eigenvalue weighted by molar-refractivity contribution is 5.89. The van der Waals surface area contributed by atoms with Gasteiger partial charge in [-0.25, -0.2) is 9.59 Å². The van der Waals surface area contributed by atoms with Crippen LogP contribution in [0.15, 0.2) is 23.8 Å². The lowest BCUT2D eigenvalue weighted by atomic mass is 9.70. The second kappa shape index (κ2) is 5.56. The molecule has 0 radical (unpaired) electrons. The number of allylic oxidation sites excluding steroid dienone is 1. The topological polar surface area (TPSA) is 63.6 Å². The average molecular weight is 306 g/mol. The minimum absolute atomic E-state index is 0.0282. The number of carbonyl (C=O) groups excluding carboxylic acids is 1. The van der Waals surface area contributed by atoms with Crippen LogP contribution in [0.2, 0.25) is 0 Å². The van der Waals surface area contributed by atoms with Crippen molar-refractivity contribution in [2.75, 3.05) is 0 Å². The van der Waals surface area contributed by atoms with Gasteiger partial charge in [-0.1, -0.05) is 33.4 Å². The Morgan fingerprint density at radius 2 is 2.00 bits per heavy atom. The first-order valence-corrected chi connectivity index (χ1v) is 7.88. The predicted molar refractivity (Wildman–Crippen MR) is 84.3 cm³/mol. The molecule has 3 atom stereocenters. The average Bonchev–Trinajstić information content (AvgIpc) is 2.77. The van der Waals surface area contributed by atoms with E-state index in [0.717, 1.165) is 12.8 Å². The maximum atomic E-state index is 12.2. The van der Waals surface area contributed by atoms with Gasteiger partial charge >= 0.3 is 11.9 Å². The molecule has 122 valence electrons. The molecule has 2 aliphatic carbocycles. The van der Waals surface area contributed by atoms with Gasteiger partial charge in [0.05, 0.1) is 0 Å². The Kier molecular flexibility index (Phi) is 4.24. The van der Waals surface area contributed by atoms with E-state index in [1.807, 2.05) is 0 Å². The number of hydrogen-bond acceptors (Lipinski definition) is 3. The molecule has 0 aliphatic heterocycles. The fraction of sp³-hybridized carbons (Fsp3) is 0.667. The summed E-state index contributed by atoms with van der Waals surface area (Å²) in [6.45, 7) is 12.0. The fourth-order valence-electron chi connectivity index (χ4n) is 3.97. The first-order valence-electron chi connectivity index (χ1n) is 7.88. The fourth-order valence-corrected chi connectivity index (χ4v) is 3.97. The Morgan fingerprint density at radius 1 is 1.36 bits per heavy atom. The van der Waals surface area contributed by atoms with Gasteiger partial charge in [0.1, 0.15) is 6.10 Å². The summed E-state index contributed by atoms with van der Waals surface area (Å²) < 4.78 is 5.72. The lowest BCUT2D eigenvalue weighted by Gasteiger charge is -2.38. The molecule has 2 bridgehead atoms. The molecule has 0 spiro atoms. The van der Waals surface area contributed by atoms with Crippen molar-refractivity contribution in [3.63, 3.8) is 0 Å². The molecule has 2 saturated carbocycles. The van der Waals surface area contributed by atoms with Gasteiger partial charge < -0.3 is 9.84 Å². The number of fused-ring (bicyclic) bond motifs is 2. The number of hydrogen-bond donors (Lipinski definition) is 1. The van der Waals surface area contributed by atoms with E-state index in [4.69, 9.17) is 9.84 Å². The molecule has 0 aromatic carbocycles. The van der Waals surface area contributed by atoms with E-state index in [9.17, 15) is 9.59 Å². The van der Waals surface area contributed by atoms with Crippen molar-refractivity contribution in [1.29, 1.82) is 0 Å². The Hall–Kier alpha value is -1.58. The highest BCUT2D eigenvalue weighted by atomic mass is 16.5. The zero-order chi connectivity index (χ0) is 16.7. The third-order valence-electron chi connectivity index (χ3n) is 6.24. The van der Waals surface area contributed by atoms with Crippen LogP contribution >= 0.6 is 0 Å². The number of carboxylic acid groups (broad SMARTS) is 1. The molecule has 22 heavy (non-hydrogen) atoms. The molecular formula is C18H26O4. The first-order chi connectivity index (χ1) is 10.1. The van der Waals surface area contributed by atoms with Gasteiger partial charge in [-0.2, -0.15) is 0 Å². The van der Waals surface area contributed by atoms with E-state index in [2.05, 4.69) is 27.4 Å². The van der Waals surface area contributed by atoms with Gasteiger partial charge in [0.2, 0.25) is 0 Å². The highest BCUT2D eigenvalue weighted by Gasteiger charge is 2.62. The van der Waals surface area contributed by atoms with E-state index >= 15 is 0 Å². The first kappa shape index (κ1) is 16.8. The SMILES string of the molecule is C=C(CC=C(C)C(=O)O)C(=O)OC1CC2CCC1(C)C2(C)C. The van der Waals surface area contributed by atoms with Crippen LogP contribution in [0.5, 0.6) is 0 Å². The van der Waals surface area contributed by atoms with Gasteiger partial charge in [-0.15, -0.1) is 0 Å². The van der Waals surface area contributed by atoms with Crippen molar-refractivity contribution < 1.29 is 19.4 Å². The molecule has 2 fully saturated rings. The van der Waals surface area contributed by atoms with E-state index in [1.165, 1.54) is 19.4 Å². The van der Waals surface area contributed by atoms with Crippen LogP contribution < -0.4 is 0 Å². The van der Waals surface area contributed by atoms with Crippen LogP contribution in [-0.4, -0.2) is 23.1 Å². The Morgan fingerprint density at radius 3 is 2.45 bits per heavy atom. The molecule has 2 aliphatic rings. The molecule has 0 heterocycles. The summed E-state index contributed by atoms with van der Waals surface area (Å²) in [5.41, 5.74) is 0.742. The molecule has 0 saturated heterocycles. The smallest absolute Gasteiger partial charge is 0.334 e. The number of carbonyl (C=O) groups is 2. The van der Waals surface area contributed by atoms with E-state index < -0.39 is 11.9 Å². The molecule has 0 aromatic heterocycles. The molecular weight excluding hydrogens is 280 g/mol. The van der Waals surface area contributed by atoms with E-state index in [-0.39, 0.29) is 28.9 Å². The monoisotopic (exact) mass is 306 g/mol. The maximum Gasteiger partial charge on any atom is 0.334 e. The summed E-state index contributed by atoms with van der Waals surface area (Å²) in [5.74, 6) is -0.773. The van der Waals surface area contributed by atoms with Gasteiger partial charge in [-0.3, -0.25) is 0 Å². The largest absolute Gasteiger partial charge is 0.478 e. The third-order valence-corrected chi connectivity index (χ3v) is 6.24. The van der Waals surface area contributed by atoms with E-state index in [1.54, 1.807) is 0 Å². The van der Waals surface area contributed by atoms with Crippen molar-refractivity contribution in [3.05, 3.63) is 23.8 Å². The quantitative estimate of drug-likeness (QED) is 0.621. The van der Waals surface area contributed by atoms with Crippen LogP contribution in [0.3, 0.4) is 0 Å². The summed E-state index contributed by atoms with van der Waals surface area (Å²) >= 11 is 0. The number of ether oxygens (including phenoxy) is 1. The van der Waals surface area contributed by atoms with Crippen molar-refractivity contribution in [2.24, 2.45) is 16.7 Å². The number of aliphatic carboxylic acids is 1. The van der Waals surface area contributed by atoms with Crippen LogP contribution in [0, 0.1) is 16.7 Å². The Bertz CT molecular complexity index is 543. The molecule has 2 rings (SSSR count). The normalized spacial score (nSPS) is 32.8. The zero-order valence-electron chi connectivity index (χ0n) is 13.9. The predicted octanol–water partition coefficient (Wildman–Crippen LogP) is 3.72. The van der Waals surface area contributed by atoms with Crippen LogP contribution in [0.25, 0.3) is 0 Å². The van der Waals surface area contributed by atoms with Gasteiger partial charge in [-0.05, 0) is 43.9 Å². The van der Waals surface area contributed by atoms with Crippen molar-refractivity contribution in [1.82, 2.24) is 0 Å².